The number of benzene rings is 2. The fourth-order valence-corrected chi connectivity index (χ4v) is 3.34. The number of hydrogen-bond donors (Lipinski definition) is 2. The van der Waals surface area contributed by atoms with E-state index in [1.807, 2.05) is 0 Å². The molecule has 0 aliphatic carbocycles. The first kappa shape index (κ1) is 18.8. The van der Waals surface area contributed by atoms with Gasteiger partial charge >= 0.3 is 0 Å². The normalized spacial score (nSPS) is 11.0. The van der Waals surface area contributed by atoms with Gasteiger partial charge in [0.25, 0.3) is 5.56 Å². The number of carbonyl (C=O) groups excluding carboxylic acids is 1. The van der Waals surface area contributed by atoms with Crippen molar-refractivity contribution in [3.05, 3.63) is 76.6 Å². The summed E-state index contributed by atoms with van der Waals surface area (Å²) in [6.07, 6.45) is 0. The van der Waals surface area contributed by atoms with Gasteiger partial charge in [-0.3, -0.25) is 9.59 Å². The summed E-state index contributed by atoms with van der Waals surface area (Å²) in [6.45, 7) is 0. The third-order valence-electron chi connectivity index (χ3n) is 3.96. The molecule has 1 amide bonds. The second-order valence-electron chi connectivity index (χ2n) is 6.02. The molecule has 2 N–H and O–H groups in total. The van der Waals surface area contributed by atoms with Crippen LogP contribution in [-0.4, -0.2) is 31.5 Å². The zero-order valence-corrected chi connectivity index (χ0v) is 15.5. The number of carbonyl (C=O) groups is 1. The van der Waals surface area contributed by atoms with Crippen LogP contribution in [0.2, 0.25) is 0 Å². The van der Waals surface area contributed by atoms with Crippen LogP contribution in [0, 0.1) is 11.6 Å². The highest BCUT2D eigenvalue weighted by Crippen LogP contribution is 2.22. The topological polar surface area (TPSA) is 92.2 Å². The van der Waals surface area contributed by atoms with Gasteiger partial charge in [-0.25, -0.2) is 18.4 Å². The maximum Gasteiger partial charge on any atom is 0.290 e. The molecule has 0 aliphatic rings. The smallest absolute Gasteiger partial charge is 0.290 e. The lowest BCUT2D eigenvalue weighted by Gasteiger charge is -2.05. The SMILES string of the molecule is O=C(CSc1n[nH]c(=O)c2cc(-c3ccc(F)cc3)nn12)Nc1cccc(F)c1. The van der Waals surface area contributed by atoms with E-state index in [0.29, 0.717) is 22.1 Å². The van der Waals surface area contributed by atoms with Crippen LogP contribution in [0.15, 0.2) is 64.5 Å². The molecule has 4 rings (SSSR count). The maximum atomic E-state index is 13.2. The van der Waals surface area contributed by atoms with Gasteiger partial charge in [0.15, 0.2) is 0 Å². The summed E-state index contributed by atoms with van der Waals surface area (Å²) in [4.78, 5) is 24.2. The molecule has 146 valence electrons. The molecule has 29 heavy (non-hydrogen) atoms. The zero-order chi connectivity index (χ0) is 20.4. The van der Waals surface area contributed by atoms with E-state index in [1.54, 1.807) is 24.3 Å². The second-order valence-corrected chi connectivity index (χ2v) is 6.96. The molecule has 0 unspecified atom stereocenters. The molecule has 0 saturated carbocycles. The van der Waals surface area contributed by atoms with Crippen LogP contribution < -0.4 is 10.9 Å². The highest BCUT2D eigenvalue weighted by atomic mass is 32.2. The Labute approximate surface area is 166 Å². The Morgan fingerprint density at radius 2 is 1.90 bits per heavy atom. The van der Waals surface area contributed by atoms with Crippen LogP contribution in [0.1, 0.15) is 0 Å². The standard InChI is InChI=1S/C19H13F2N5O2S/c20-12-6-4-11(5-7-12)15-9-16-18(28)23-24-19(26(16)25-15)29-10-17(27)22-14-3-1-2-13(21)8-14/h1-9H,10H2,(H,22,27)(H,23,28). The van der Waals surface area contributed by atoms with E-state index < -0.39 is 11.4 Å². The Morgan fingerprint density at radius 3 is 2.66 bits per heavy atom. The fraction of sp³-hybridized carbons (Fsp3) is 0.0526. The predicted octanol–water partition coefficient (Wildman–Crippen LogP) is 3.09. The Balaban J connectivity index is 1.56. The Kier molecular flexibility index (Phi) is 5.09. The molecule has 7 nitrogen and oxygen atoms in total. The molecule has 0 bridgehead atoms. The van der Waals surface area contributed by atoms with E-state index >= 15 is 0 Å². The summed E-state index contributed by atoms with van der Waals surface area (Å²) in [7, 11) is 0. The average molecular weight is 413 g/mol. The Morgan fingerprint density at radius 1 is 1.10 bits per heavy atom. The van der Waals surface area contributed by atoms with E-state index in [-0.39, 0.29) is 23.0 Å². The zero-order valence-electron chi connectivity index (χ0n) is 14.7. The van der Waals surface area contributed by atoms with Gasteiger partial charge in [0.1, 0.15) is 17.2 Å². The van der Waals surface area contributed by atoms with Gasteiger partial charge in [-0.15, -0.1) is 5.10 Å². The first-order valence-corrected chi connectivity index (χ1v) is 9.41. The molecule has 2 heterocycles. The average Bonchev–Trinajstić information content (AvgIpc) is 3.14. The summed E-state index contributed by atoms with van der Waals surface area (Å²) < 4.78 is 27.7. The summed E-state index contributed by atoms with van der Waals surface area (Å²) in [6, 6.07) is 12.8. The first-order valence-electron chi connectivity index (χ1n) is 8.42. The monoisotopic (exact) mass is 413 g/mol. The van der Waals surface area contributed by atoms with Crippen molar-refractivity contribution in [2.75, 3.05) is 11.1 Å². The van der Waals surface area contributed by atoms with Crippen molar-refractivity contribution >= 4 is 28.9 Å². The highest BCUT2D eigenvalue weighted by molar-refractivity contribution is 7.99. The van der Waals surface area contributed by atoms with Gasteiger partial charge in [0, 0.05) is 11.3 Å². The molecule has 0 atom stereocenters. The lowest BCUT2D eigenvalue weighted by molar-refractivity contribution is -0.113. The molecular weight excluding hydrogens is 400 g/mol. The lowest BCUT2D eigenvalue weighted by atomic mass is 10.1. The van der Waals surface area contributed by atoms with Crippen LogP contribution in [0.3, 0.4) is 0 Å². The maximum absolute atomic E-state index is 13.2. The molecule has 2 aromatic heterocycles. The van der Waals surface area contributed by atoms with Gasteiger partial charge in [0.05, 0.1) is 11.4 Å². The van der Waals surface area contributed by atoms with Crippen molar-refractivity contribution in [1.29, 1.82) is 0 Å². The van der Waals surface area contributed by atoms with Gasteiger partial charge in [0.2, 0.25) is 11.1 Å². The van der Waals surface area contributed by atoms with Crippen LogP contribution in [0.25, 0.3) is 16.8 Å². The van der Waals surface area contributed by atoms with Crippen molar-refractivity contribution < 1.29 is 13.6 Å². The van der Waals surface area contributed by atoms with Crippen molar-refractivity contribution in [3.8, 4) is 11.3 Å². The minimum Gasteiger partial charge on any atom is -0.325 e. The quantitative estimate of drug-likeness (QED) is 0.491. The number of fused-ring (bicyclic) bond motifs is 1. The number of amides is 1. The summed E-state index contributed by atoms with van der Waals surface area (Å²) in [5.74, 6) is -1.23. The number of thioether (sulfide) groups is 1. The third-order valence-corrected chi connectivity index (χ3v) is 4.89. The molecule has 10 heteroatoms. The van der Waals surface area contributed by atoms with Crippen LogP contribution in [0.5, 0.6) is 0 Å². The predicted molar refractivity (Wildman–Crippen MR) is 105 cm³/mol. The third kappa shape index (κ3) is 4.16. The molecule has 0 radical (unpaired) electrons. The van der Waals surface area contributed by atoms with Gasteiger partial charge in [-0.2, -0.15) is 5.10 Å². The molecule has 0 saturated heterocycles. The van der Waals surface area contributed by atoms with E-state index in [0.717, 1.165) is 11.8 Å². The minimum absolute atomic E-state index is 0.0314. The molecular formula is C19H13F2N5O2S. The number of aromatic nitrogens is 4. The van der Waals surface area contributed by atoms with Gasteiger partial charge in [-0.05, 0) is 48.5 Å². The molecule has 4 aromatic rings. The van der Waals surface area contributed by atoms with Gasteiger partial charge in [-0.1, -0.05) is 17.8 Å². The Hall–Kier alpha value is -3.53. The number of aromatic amines is 1. The molecule has 2 aromatic carbocycles. The van der Waals surface area contributed by atoms with E-state index in [1.165, 1.54) is 34.8 Å². The number of nitrogens with zero attached hydrogens (tertiary/aromatic N) is 3. The Bertz CT molecular complexity index is 1250. The molecule has 0 aliphatic heterocycles. The molecule has 0 spiro atoms. The number of rotatable bonds is 5. The van der Waals surface area contributed by atoms with Crippen molar-refractivity contribution in [3.63, 3.8) is 0 Å². The van der Waals surface area contributed by atoms with Gasteiger partial charge < -0.3 is 5.32 Å². The van der Waals surface area contributed by atoms with E-state index in [4.69, 9.17) is 0 Å². The summed E-state index contributed by atoms with van der Waals surface area (Å²) >= 11 is 1.05. The van der Waals surface area contributed by atoms with Crippen LogP contribution >= 0.6 is 11.8 Å². The van der Waals surface area contributed by atoms with Crippen LogP contribution in [-0.2, 0) is 4.79 Å². The van der Waals surface area contributed by atoms with Crippen molar-refractivity contribution in [1.82, 2.24) is 19.8 Å². The summed E-state index contributed by atoms with van der Waals surface area (Å²) in [5.41, 5.74) is 1.24. The largest absolute Gasteiger partial charge is 0.325 e. The first-order chi connectivity index (χ1) is 14.0. The second kappa shape index (κ2) is 7.84. The number of nitrogens with one attached hydrogen (secondary N) is 2. The van der Waals surface area contributed by atoms with E-state index in [2.05, 4.69) is 20.6 Å². The number of halogens is 2. The fourth-order valence-electron chi connectivity index (χ4n) is 2.64. The van der Waals surface area contributed by atoms with Crippen molar-refractivity contribution in [2.45, 2.75) is 5.16 Å². The lowest BCUT2D eigenvalue weighted by Crippen LogP contribution is -2.17. The molecule has 0 fully saturated rings. The highest BCUT2D eigenvalue weighted by Gasteiger charge is 2.14. The number of anilines is 1. The summed E-state index contributed by atoms with van der Waals surface area (Å²) in [5, 5.41) is 13.6. The number of H-pyrrole nitrogens is 1. The van der Waals surface area contributed by atoms with Crippen molar-refractivity contribution in [2.24, 2.45) is 0 Å². The minimum atomic E-state index is -0.454. The number of hydrogen-bond acceptors (Lipinski definition) is 5. The van der Waals surface area contributed by atoms with Crippen LogP contribution in [0.4, 0.5) is 14.5 Å². The van der Waals surface area contributed by atoms with E-state index in [9.17, 15) is 18.4 Å².